The second-order valence-corrected chi connectivity index (χ2v) is 6.08. The third-order valence-corrected chi connectivity index (χ3v) is 4.48. The number of nitrogens with two attached hydrogens (primary N) is 1. The van der Waals surface area contributed by atoms with Crippen LogP contribution in [0, 0.1) is 10.1 Å². The Morgan fingerprint density at radius 1 is 1.20 bits per heavy atom. The van der Waals surface area contributed by atoms with Gasteiger partial charge in [-0.1, -0.05) is 0 Å². The van der Waals surface area contributed by atoms with Crippen molar-refractivity contribution in [3.05, 3.63) is 57.6 Å². The number of carbonyl (C=O) groups excluding carboxylic acids is 1. The number of fused-ring (bicyclic) bond motifs is 1. The van der Waals surface area contributed by atoms with Crippen LogP contribution in [0.5, 0.6) is 0 Å². The molecule has 0 saturated heterocycles. The van der Waals surface area contributed by atoms with Crippen LogP contribution in [0.4, 0.5) is 18.9 Å². The molecule has 0 aliphatic rings. The summed E-state index contributed by atoms with van der Waals surface area (Å²) in [5.74, 6) is -0.894. The van der Waals surface area contributed by atoms with Crippen molar-refractivity contribution in [2.24, 2.45) is 5.73 Å². The number of nitro groups is 1. The smallest absolute Gasteiger partial charge is 0.366 e. The van der Waals surface area contributed by atoms with Gasteiger partial charge in [0.25, 0.3) is 5.69 Å². The van der Waals surface area contributed by atoms with E-state index >= 15 is 0 Å². The van der Waals surface area contributed by atoms with E-state index in [1.807, 2.05) is 0 Å². The number of non-ortho nitro benzene ring substituents is 1. The van der Waals surface area contributed by atoms with Gasteiger partial charge in [0, 0.05) is 23.3 Å². The lowest BCUT2D eigenvalue weighted by atomic mass is 10.0. The van der Waals surface area contributed by atoms with E-state index in [1.165, 1.54) is 18.2 Å². The van der Waals surface area contributed by atoms with Crippen LogP contribution in [0.15, 0.2) is 36.4 Å². The van der Waals surface area contributed by atoms with Crippen molar-refractivity contribution in [2.45, 2.75) is 6.18 Å². The van der Waals surface area contributed by atoms with Crippen LogP contribution in [-0.4, -0.2) is 15.8 Å². The highest BCUT2D eigenvalue weighted by atomic mass is 32.1. The third kappa shape index (κ3) is 3.15. The molecule has 0 saturated carbocycles. The largest absolute Gasteiger partial charge is 0.416 e. The van der Waals surface area contributed by atoms with Crippen LogP contribution in [-0.2, 0) is 6.18 Å². The molecule has 128 valence electrons. The van der Waals surface area contributed by atoms with Crippen LogP contribution in [0.3, 0.4) is 0 Å². The number of alkyl halides is 3. The van der Waals surface area contributed by atoms with Gasteiger partial charge in [-0.3, -0.25) is 14.9 Å². The van der Waals surface area contributed by atoms with E-state index in [2.05, 4.69) is 4.98 Å². The van der Waals surface area contributed by atoms with Crippen LogP contribution in [0.2, 0.25) is 0 Å². The van der Waals surface area contributed by atoms with Crippen molar-refractivity contribution in [3.63, 3.8) is 0 Å². The fraction of sp³-hybridized carbons (Fsp3) is 0.0667. The minimum Gasteiger partial charge on any atom is -0.366 e. The third-order valence-electron chi connectivity index (χ3n) is 3.43. The number of halogens is 3. The Kier molecular flexibility index (Phi) is 3.91. The molecule has 0 atom stereocenters. The van der Waals surface area contributed by atoms with Gasteiger partial charge in [0.2, 0.25) is 5.91 Å². The number of amides is 1. The van der Waals surface area contributed by atoms with Crippen LogP contribution in [0.1, 0.15) is 15.9 Å². The number of nitro benzene ring substituents is 1. The Hall–Kier alpha value is -3.01. The molecule has 0 bridgehead atoms. The first-order valence-electron chi connectivity index (χ1n) is 6.73. The summed E-state index contributed by atoms with van der Waals surface area (Å²) in [5.41, 5.74) is 4.33. The molecule has 0 spiro atoms. The average molecular weight is 367 g/mol. The molecule has 0 fully saturated rings. The van der Waals surface area contributed by atoms with Gasteiger partial charge >= 0.3 is 6.18 Å². The van der Waals surface area contributed by atoms with Crippen LogP contribution in [0.25, 0.3) is 20.8 Å². The lowest BCUT2D eigenvalue weighted by molar-refractivity contribution is -0.384. The Morgan fingerprint density at radius 2 is 1.92 bits per heavy atom. The number of benzene rings is 2. The number of rotatable bonds is 3. The molecule has 1 aromatic heterocycles. The highest BCUT2D eigenvalue weighted by molar-refractivity contribution is 7.21. The van der Waals surface area contributed by atoms with E-state index in [1.54, 1.807) is 0 Å². The van der Waals surface area contributed by atoms with Crippen molar-refractivity contribution in [1.29, 1.82) is 0 Å². The quantitative estimate of drug-likeness (QED) is 0.559. The molecule has 1 heterocycles. The number of hydrogen-bond acceptors (Lipinski definition) is 5. The second kappa shape index (κ2) is 5.81. The van der Waals surface area contributed by atoms with E-state index in [4.69, 9.17) is 5.73 Å². The molecular weight excluding hydrogens is 359 g/mol. The minimum atomic E-state index is -4.60. The van der Waals surface area contributed by atoms with E-state index in [9.17, 15) is 28.1 Å². The van der Waals surface area contributed by atoms with Gasteiger partial charge in [0.1, 0.15) is 5.01 Å². The van der Waals surface area contributed by atoms with Gasteiger partial charge in [-0.05, 0) is 24.3 Å². The van der Waals surface area contributed by atoms with Crippen molar-refractivity contribution >= 4 is 33.1 Å². The number of thiazole rings is 1. The maximum Gasteiger partial charge on any atom is 0.416 e. The topological polar surface area (TPSA) is 99.1 Å². The summed E-state index contributed by atoms with van der Waals surface area (Å²) < 4.78 is 39.3. The first-order valence-corrected chi connectivity index (χ1v) is 7.55. The van der Waals surface area contributed by atoms with Gasteiger partial charge in [0.05, 0.1) is 20.7 Å². The maximum absolute atomic E-state index is 13.0. The summed E-state index contributed by atoms with van der Waals surface area (Å²) in [4.78, 5) is 26.0. The number of aromatic nitrogens is 1. The predicted molar refractivity (Wildman–Crippen MR) is 85.2 cm³/mol. The number of carbonyl (C=O) groups is 1. The van der Waals surface area contributed by atoms with E-state index in [0.717, 1.165) is 29.5 Å². The van der Waals surface area contributed by atoms with Gasteiger partial charge in [-0.25, -0.2) is 4.98 Å². The summed E-state index contributed by atoms with van der Waals surface area (Å²) in [6.45, 7) is 0. The first-order chi connectivity index (χ1) is 11.7. The molecule has 0 aliphatic carbocycles. The minimum absolute atomic E-state index is 0.0637. The number of primary amides is 1. The Bertz CT molecular complexity index is 1010. The first kappa shape index (κ1) is 16.8. The molecule has 0 radical (unpaired) electrons. The van der Waals surface area contributed by atoms with Crippen molar-refractivity contribution in [2.75, 3.05) is 0 Å². The summed E-state index contributed by atoms with van der Waals surface area (Å²) in [5, 5.41) is 10.9. The zero-order valence-electron chi connectivity index (χ0n) is 12.2. The molecule has 3 aromatic rings. The molecule has 3 rings (SSSR count). The van der Waals surface area contributed by atoms with Gasteiger partial charge < -0.3 is 5.73 Å². The Labute approximate surface area is 141 Å². The number of nitrogens with zero attached hydrogens (tertiary/aromatic N) is 2. The molecule has 2 N–H and O–H groups in total. The molecule has 2 aromatic carbocycles. The zero-order chi connectivity index (χ0) is 18.4. The van der Waals surface area contributed by atoms with Crippen LogP contribution >= 0.6 is 11.3 Å². The highest BCUT2D eigenvalue weighted by Crippen LogP contribution is 2.37. The Morgan fingerprint density at radius 3 is 2.52 bits per heavy atom. The molecule has 10 heteroatoms. The lowest BCUT2D eigenvalue weighted by Gasteiger charge is -2.10. The molecule has 0 unspecified atom stereocenters. The second-order valence-electron chi connectivity index (χ2n) is 5.05. The standard InChI is InChI=1S/C15H8F3N3O3S/c16-15(17,18)7-1-3-9(13(19)22)10(5-7)14-20-11-4-2-8(21(23)24)6-12(11)25-14/h1-6H,(H2,19,22). The summed E-state index contributed by atoms with van der Waals surface area (Å²) in [7, 11) is 0. The van der Waals surface area contributed by atoms with Gasteiger partial charge in [0.15, 0.2) is 0 Å². The van der Waals surface area contributed by atoms with Gasteiger partial charge in [-0.2, -0.15) is 13.2 Å². The molecule has 1 amide bonds. The van der Waals surface area contributed by atoms with Crippen molar-refractivity contribution < 1.29 is 22.9 Å². The van der Waals surface area contributed by atoms with E-state index in [-0.39, 0.29) is 21.8 Å². The molecule has 6 nitrogen and oxygen atoms in total. The summed E-state index contributed by atoms with van der Waals surface area (Å²) in [6.07, 6.45) is -4.60. The highest BCUT2D eigenvalue weighted by Gasteiger charge is 2.32. The van der Waals surface area contributed by atoms with Crippen molar-refractivity contribution in [3.8, 4) is 10.6 Å². The molecule has 25 heavy (non-hydrogen) atoms. The van der Waals surface area contributed by atoms with Gasteiger partial charge in [-0.15, -0.1) is 11.3 Å². The number of hydrogen-bond donors (Lipinski definition) is 1. The maximum atomic E-state index is 13.0. The van der Waals surface area contributed by atoms with E-state index in [0.29, 0.717) is 10.2 Å². The summed E-state index contributed by atoms with van der Waals surface area (Å²) >= 11 is 0.942. The lowest BCUT2D eigenvalue weighted by Crippen LogP contribution is -2.14. The van der Waals surface area contributed by atoms with Crippen LogP contribution < -0.4 is 5.73 Å². The normalized spacial score (nSPS) is 11.6. The fourth-order valence-corrected chi connectivity index (χ4v) is 3.28. The Balaban J connectivity index is 2.21. The zero-order valence-corrected chi connectivity index (χ0v) is 13.0. The molecule has 0 aliphatic heterocycles. The van der Waals surface area contributed by atoms with E-state index < -0.39 is 22.6 Å². The SMILES string of the molecule is NC(=O)c1ccc(C(F)(F)F)cc1-c1nc2ccc([N+](=O)[O-])cc2s1. The fourth-order valence-electron chi connectivity index (χ4n) is 2.25. The monoisotopic (exact) mass is 367 g/mol. The summed E-state index contributed by atoms with van der Waals surface area (Å²) in [6, 6.07) is 6.47. The molecular formula is C15H8F3N3O3S. The van der Waals surface area contributed by atoms with Crippen molar-refractivity contribution in [1.82, 2.24) is 4.98 Å². The average Bonchev–Trinajstić information content (AvgIpc) is 2.96. The predicted octanol–water partition coefficient (Wildman–Crippen LogP) is 3.99.